The maximum Gasteiger partial charge on any atom is 0.121 e. The third-order valence-electron chi connectivity index (χ3n) is 2.14. The zero-order valence-corrected chi connectivity index (χ0v) is 9.17. The maximum atomic E-state index is 5.52. The molecule has 0 bridgehead atoms. The van der Waals surface area contributed by atoms with E-state index in [4.69, 9.17) is 9.47 Å². The van der Waals surface area contributed by atoms with Gasteiger partial charge in [-0.3, -0.25) is 0 Å². The smallest absolute Gasteiger partial charge is 0.121 e. The minimum absolute atomic E-state index is 0.555. The van der Waals surface area contributed by atoms with Crippen molar-refractivity contribution in [3.8, 4) is 11.4 Å². The van der Waals surface area contributed by atoms with E-state index in [0.29, 0.717) is 13.2 Å². The average Bonchev–Trinajstić information content (AvgIpc) is 2.83. The number of benzene rings is 1. The van der Waals surface area contributed by atoms with E-state index in [9.17, 15) is 0 Å². The van der Waals surface area contributed by atoms with Crippen molar-refractivity contribution in [2.45, 2.75) is 0 Å². The van der Waals surface area contributed by atoms with Gasteiger partial charge in [0.1, 0.15) is 12.4 Å². The Morgan fingerprint density at radius 2 is 2.19 bits per heavy atom. The molecule has 1 aromatic heterocycles. The highest BCUT2D eigenvalue weighted by Crippen LogP contribution is 2.15. The second-order valence-corrected chi connectivity index (χ2v) is 3.29. The Kier molecular flexibility index (Phi) is 3.56. The van der Waals surface area contributed by atoms with E-state index >= 15 is 0 Å². The number of methoxy groups -OCH3 is 1. The molecule has 0 saturated heterocycles. The van der Waals surface area contributed by atoms with Gasteiger partial charge >= 0.3 is 0 Å². The standard InChI is InChI=1S/C12H14N2O2/c1-15-8-9-16-12-5-2-4-11(10-12)14-7-3-6-13-14/h2-7,10H,8-9H2,1H3. The van der Waals surface area contributed by atoms with Gasteiger partial charge in [-0.25, -0.2) is 4.68 Å². The van der Waals surface area contributed by atoms with Crippen molar-refractivity contribution in [1.82, 2.24) is 9.78 Å². The molecule has 1 heterocycles. The van der Waals surface area contributed by atoms with Gasteiger partial charge in [0.15, 0.2) is 0 Å². The summed E-state index contributed by atoms with van der Waals surface area (Å²) in [6.07, 6.45) is 3.65. The molecule has 0 radical (unpaired) electrons. The molecule has 0 unspecified atom stereocenters. The zero-order chi connectivity index (χ0) is 11.2. The Labute approximate surface area is 94.4 Å². The van der Waals surface area contributed by atoms with Crippen molar-refractivity contribution < 1.29 is 9.47 Å². The van der Waals surface area contributed by atoms with Gasteiger partial charge in [0.05, 0.1) is 12.3 Å². The van der Waals surface area contributed by atoms with Crippen LogP contribution in [-0.4, -0.2) is 30.1 Å². The summed E-state index contributed by atoms with van der Waals surface area (Å²) in [7, 11) is 1.66. The fourth-order valence-electron chi connectivity index (χ4n) is 1.38. The van der Waals surface area contributed by atoms with E-state index in [0.717, 1.165) is 11.4 Å². The summed E-state index contributed by atoms with van der Waals surface area (Å²) in [5, 5.41) is 4.16. The van der Waals surface area contributed by atoms with E-state index in [1.54, 1.807) is 18.0 Å². The average molecular weight is 218 g/mol. The summed E-state index contributed by atoms with van der Waals surface area (Å²) in [6, 6.07) is 9.68. The number of nitrogens with zero attached hydrogens (tertiary/aromatic N) is 2. The molecule has 0 aliphatic heterocycles. The van der Waals surface area contributed by atoms with Crippen LogP contribution in [0.3, 0.4) is 0 Å². The second kappa shape index (κ2) is 5.32. The lowest BCUT2D eigenvalue weighted by atomic mass is 10.3. The van der Waals surface area contributed by atoms with E-state index < -0.39 is 0 Å². The molecule has 84 valence electrons. The van der Waals surface area contributed by atoms with E-state index in [-0.39, 0.29) is 0 Å². The van der Waals surface area contributed by atoms with E-state index in [1.807, 2.05) is 36.5 Å². The quantitative estimate of drug-likeness (QED) is 0.719. The van der Waals surface area contributed by atoms with Crippen LogP contribution >= 0.6 is 0 Å². The molecule has 16 heavy (non-hydrogen) atoms. The third-order valence-corrected chi connectivity index (χ3v) is 2.14. The van der Waals surface area contributed by atoms with E-state index in [1.165, 1.54) is 0 Å². The molecule has 0 saturated carbocycles. The first kappa shape index (κ1) is 10.7. The SMILES string of the molecule is COCCOc1cccc(-n2cccn2)c1. The molecule has 0 fully saturated rings. The van der Waals surface area contributed by atoms with Crippen LogP contribution in [0.2, 0.25) is 0 Å². The molecule has 4 nitrogen and oxygen atoms in total. The summed E-state index contributed by atoms with van der Waals surface area (Å²) >= 11 is 0. The van der Waals surface area contributed by atoms with Crippen LogP contribution in [0.1, 0.15) is 0 Å². The number of hydrogen-bond acceptors (Lipinski definition) is 3. The van der Waals surface area contributed by atoms with Gasteiger partial charge in [-0.2, -0.15) is 5.10 Å². The van der Waals surface area contributed by atoms with Crippen LogP contribution in [0.15, 0.2) is 42.7 Å². The second-order valence-electron chi connectivity index (χ2n) is 3.29. The maximum absolute atomic E-state index is 5.52. The molecule has 0 spiro atoms. The number of hydrogen-bond donors (Lipinski definition) is 0. The lowest BCUT2D eigenvalue weighted by molar-refractivity contribution is 0.146. The Morgan fingerprint density at radius 1 is 1.25 bits per heavy atom. The van der Waals surface area contributed by atoms with Crippen LogP contribution in [0, 0.1) is 0 Å². The topological polar surface area (TPSA) is 36.3 Å². The van der Waals surface area contributed by atoms with Crippen LogP contribution in [0.5, 0.6) is 5.75 Å². The third kappa shape index (κ3) is 2.61. The fraction of sp³-hybridized carbons (Fsp3) is 0.250. The highest BCUT2D eigenvalue weighted by molar-refractivity contribution is 5.38. The summed E-state index contributed by atoms with van der Waals surface area (Å²) in [6.45, 7) is 1.14. The first-order valence-corrected chi connectivity index (χ1v) is 5.12. The predicted molar refractivity (Wildman–Crippen MR) is 60.9 cm³/mol. The fourth-order valence-corrected chi connectivity index (χ4v) is 1.38. The lowest BCUT2D eigenvalue weighted by Gasteiger charge is -2.07. The molecule has 1 aromatic carbocycles. The van der Waals surface area contributed by atoms with Crippen LogP contribution in [-0.2, 0) is 4.74 Å². The number of rotatable bonds is 5. The highest BCUT2D eigenvalue weighted by atomic mass is 16.5. The predicted octanol–water partition coefficient (Wildman–Crippen LogP) is 1.90. The highest BCUT2D eigenvalue weighted by Gasteiger charge is 1.98. The Morgan fingerprint density at radius 3 is 2.94 bits per heavy atom. The number of aromatic nitrogens is 2. The lowest BCUT2D eigenvalue weighted by Crippen LogP contribution is -2.04. The van der Waals surface area contributed by atoms with E-state index in [2.05, 4.69) is 5.10 Å². The van der Waals surface area contributed by atoms with Crippen molar-refractivity contribution in [2.75, 3.05) is 20.3 Å². The number of ether oxygens (including phenoxy) is 2. The molecule has 2 rings (SSSR count). The monoisotopic (exact) mass is 218 g/mol. The molecule has 0 amide bonds. The molecule has 4 heteroatoms. The molecular formula is C12H14N2O2. The Balaban J connectivity index is 2.08. The minimum atomic E-state index is 0.555. The van der Waals surface area contributed by atoms with Crippen LogP contribution < -0.4 is 4.74 Å². The molecule has 0 aliphatic carbocycles. The van der Waals surface area contributed by atoms with Gasteiger partial charge in [0, 0.05) is 25.6 Å². The van der Waals surface area contributed by atoms with Crippen LogP contribution in [0.25, 0.3) is 5.69 Å². The van der Waals surface area contributed by atoms with Crippen molar-refractivity contribution in [3.05, 3.63) is 42.7 Å². The van der Waals surface area contributed by atoms with Crippen molar-refractivity contribution >= 4 is 0 Å². The van der Waals surface area contributed by atoms with Gasteiger partial charge in [-0.15, -0.1) is 0 Å². The minimum Gasteiger partial charge on any atom is -0.491 e. The first-order valence-electron chi connectivity index (χ1n) is 5.12. The first-order chi connectivity index (χ1) is 7.90. The van der Waals surface area contributed by atoms with Crippen LogP contribution in [0.4, 0.5) is 0 Å². The zero-order valence-electron chi connectivity index (χ0n) is 9.17. The Bertz CT molecular complexity index is 426. The van der Waals surface area contributed by atoms with Gasteiger partial charge < -0.3 is 9.47 Å². The Hall–Kier alpha value is -1.81. The molecule has 0 N–H and O–H groups in total. The van der Waals surface area contributed by atoms with Crippen molar-refractivity contribution in [1.29, 1.82) is 0 Å². The normalized spacial score (nSPS) is 10.3. The summed E-state index contributed by atoms with van der Waals surface area (Å²) < 4.78 is 12.2. The largest absolute Gasteiger partial charge is 0.491 e. The molecule has 2 aromatic rings. The summed E-state index contributed by atoms with van der Waals surface area (Å²) in [4.78, 5) is 0. The van der Waals surface area contributed by atoms with Gasteiger partial charge in [-0.1, -0.05) is 6.07 Å². The van der Waals surface area contributed by atoms with Gasteiger partial charge in [0.2, 0.25) is 0 Å². The molecule has 0 aliphatic rings. The van der Waals surface area contributed by atoms with Gasteiger partial charge in [-0.05, 0) is 18.2 Å². The summed E-state index contributed by atoms with van der Waals surface area (Å²) in [5.74, 6) is 0.824. The van der Waals surface area contributed by atoms with Crippen molar-refractivity contribution in [3.63, 3.8) is 0 Å². The van der Waals surface area contributed by atoms with Crippen molar-refractivity contribution in [2.24, 2.45) is 0 Å². The molecular weight excluding hydrogens is 204 g/mol. The summed E-state index contributed by atoms with van der Waals surface area (Å²) in [5.41, 5.74) is 0.986. The van der Waals surface area contributed by atoms with Gasteiger partial charge in [0.25, 0.3) is 0 Å². The molecule has 0 atom stereocenters.